The summed E-state index contributed by atoms with van der Waals surface area (Å²) in [6.45, 7) is 0. The van der Waals surface area contributed by atoms with E-state index in [1.54, 1.807) is 45.2 Å². The predicted molar refractivity (Wildman–Crippen MR) is 61.5 cm³/mol. The van der Waals surface area contributed by atoms with Gasteiger partial charge >= 0.3 is 29.6 Å². The molecule has 0 atom stereocenters. The van der Waals surface area contributed by atoms with Gasteiger partial charge in [-0.1, -0.05) is 0 Å². The molecule has 1 aromatic rings. The van der Waals surface area contributed by atoms with Crippen molar-refractivity contribution in [2.45, 2.75) is 4.90 Å². The van der Waals surface area contributed by atoms with E-state index in [9.17, 15) is 18.1 Å². The van der Waals surface area contributed by atoms with Gasteiger partial charge < -0.3 is 9.66 Å². The number of rotatable bonds is 1. The summed E-state index contributed by atoms with van der Waals surface area (Å²) in [6, 6.07) is 2.28. The van der Waals surface area contributed by atoms with Crippen LogP contribution in [-0.2, 0) is 10.1 Å². The van der Waals surface area contributed by atoms with Gasteiger partial charge in [0, 0.05) is 0 Å². The Kier molecular flexibility index (Phi) is 6.20. The van der Waals surface area contributed by atoms with Gasteiger partial charge in [-0.3, -0.25) is 0 Å². The Labute approximate surface area is 131 Å². The minimum atomic E-state index is -4.44. The first-order valence-corrected chi connectivity index (χ1v) is 6.53. The maximum absolute atomic E-state index is 10.6. The molecule has 0 saturated carbocycles. The molecular formula is C6H3I2NaO4S. The summed E-state index contributed by atoms with van der Waals surface area (Å²) in [5.41, 5.74) is 0. The van der Waals surface area contributed by atoms with Crippen LogP contribution < -0.4 is 29.6 Å². The van der Waals surface area contributed by atoms with Crippen LogP contribution in [0.25, 0.3) is 0 Å². The molecule has 0 fully saturated rings. The third kappa shape index (κ3) is 3.76. The number of aromatic hydroxyl groups is 1. The van der Waals surface area contributed by atoms with Gasteiger partial charge in [0.15, 0.2) is 0 Å². The van der Waals surface area contributed by atoms with Crippen molar-refractivity contribution in [2.75, 3.05) is 0 Å². The summed E-state index contributed by atoms with van der Waals surface area (Å²) in [4.78, 5) is -0.320. The normalized spacial score (nSPS) is 10.8. The maximum atomic E-state index is 10.6. The average molecular weight is 448 g/mol. The van der Waals surface area contributed by atoms with Gasteiger partial charge in [0.2, 0.25) is 0 Å². The number of halogens is 2. The summed E-state index contributed by atoms with van der Waals surface area (Å²) >= 11 is 3.51. The smallest absolute Gasteiger partial charge is 0.744 e. The number of hydrogen-bond acceptors (Lipinski definition) is 4. The first-order chi connectivity index (χ1) is 5.82. The molecule has 0 spiro atoms. The van der Waals surface area contributed by atoms with Crippen molar-refractivity contribution in [2.24, 2.45) is 0 Å². The monoisotopic (exact) mass is 448 g/mol. The SMILES string of the molecule is O=S(=O)([O-])c1cc(I)c(O)c(I)c1.[Na+]. The van der Waals surface area contributed by atoms with Gasteiger partial charge in [0.25, 0.3) is 0 Å². The molecule has 0 aromatic heterocycles. The molecule has 0 aliphatic carbocycles. The van der Waals surface area contributed by atoms with Crippen molar-refractivity contribution < 1.29 is 47.6 Å². The molecule has 4 nitrogen and oxygen atoms in total. The molecule has 0 unspecified atom stereocenters. The van der Waals surface area contributed by atoms with Crippen molar-refractivity contribution in [3.05, 3.63) is 19.3 Å². The molecule has 8 heteroatoms. The van der Waals surface area contributed by atoms with Crippen LogP contribution in [0.3, 0.4) is 0 Å². The van der Waals surface area contributed by atoms with E-state index in [-0.39, 0.29) is 40.2 Å². The Hall–Kier alpha value is 1.39. The zero-order chi connectivity index (χ0) is 10.2. The summed E-state index contributed by atoms with van der Waals surface area (Å²) in [7, 11) is -4.44. The zero-order valence-electron chi connectivity index (χ0n) is 6.99. The van der Waals surface area contributed by atoms with E-state index in [1.165, 1.54) is 0 Å². The van der Waals surface area contributed by atoms with Crippen LogP contribution in [0.1, 0.15) is 0 Å². The van der Waals surface area contributed by atoms with E-state index in [4.69, 9.17) is 0 Å². The Morgan fingerprint density at radius 1 is 1.21 bits per heavy atom. The van der Waals surface area contributed by atoms with Gasteiger partial charge in [-0.05, 0) is 57.3 Å². The van der Waals surface area contributed by atoms with Gasteiger partial charge in [-0.25, -0.2) is 8.42 Å². The van der Waals surface area contributed by atoms with E-state index in [1.807, 2.05) is 0 Å². The van der Waals surface area contributed by atoms with Crippen LogP contribution in [0.5, 0.6) is 5.75 Å². The van der Waals surface area contributed by atoms with Gasteiger partial charge in [-0.2, -0.15) is 0 Å². The van der Waals surface area contributed by atoms with Crippen molar-refractivity contribution in [1.29, 1.82) is 0 Å². The van der Waals surface area contributed by atoms with E-state index in [2.05, 4.69) is 0 Å². The molecular weight excluding hydrogens is 445 g/mol. The average Bonchev–Trinajstić information content (AvgIpc) is 1.97. The third-order valence-corrected chi connectivity index (χ3v) is 3.74. The van der Waals surface area contributed by atoms with Crippen LogP contribution in [0.4, 0.5) is 0 Å². The quantitative estimate of drug-likeness (QED) is 0.323. The molecule has 0 radical (unpaired) electrons. The van der Waals surface area contributed by atoms with Gasteiger partial charge in [0.1, 0.15) is 15.9 Å². The van der Waals surface area contributed by atoms with E-state index < -0.39 is 10.1 Å². The van der Waals surface area contributed by atoms with Crippen molar-refractivity contribution in [1.82, 2.24) is 0 Å². The molecule has 1 aromatic carbocycles. The molecule has 0 amide bonds. The first-order valence-electron chi connectivity index (χ1n) is 2.96. The standard InChI is InChI=1S/C6H4I2O4S.Na/c7-4-1-3(13(10,11)12)2-5(8)6(4)9;/h1-2,9H,(H,10,11,12);/q;+1/p-1. The third-order valence-electron chi connectivity index (χ3n) is 1.28. The number of benzene rings is 1. The van der Waals surface area contributed by atoms with Crippen molar-refractivity contribution >= 4 is 55.3 Å². The van der Waals surface area contributed by atoms with Crippen LogP contribution in [-0.4, -0.2) is 18.1 Å². The summed E-state index contributed by atoms with van der Waals surface area (Å²) in [6.07, 6.45) is 0. The van der Waals surface area contributed by atoms with Gasteiger partial charge in [-0.15, -0.1) is 0 Å². The molecule has 0 aliphatic heterocycles. The predicted octanol–water partition coefficient (Wildman–Crippen LogP) is -1.49. The van der Waals surface area contributed by atoms with E-state index in [0.29, 0.717) is 7.14 Å². The molecule has 0 aliphatic rings. The Morgan fingerprint density at radius 3 is 1.86 bits per heavy atom. The molecule has 14 heavy (non-hydrogen) atoms. The largest absolute Gasteiger partial charge is 1.00 e. The molecule has 1 N–H and O–H groups in total. The van der Waals surface area contributed by atoms with Crippen LogP contribution in [0.15, 0.2) is 17.0 Å². The second-order valence-electron chi connectivity index (χ2n) is 2.19. The minimum Gasteiger partial charge on any atom is -0.744 e. The maximum Gasteiger partial charge on any atom is 1.00 e. The van der Waals surface area contributed by atoms with Crippen LogP contribution in [0.2, 0.25) is 0 Å². The second-order valence-corrected chi connectivity index (χ2v) is 5.89. The fourth-order valence-corrected chi connectivity index (χ4v) is 3.40. The molecule has 0 bridgehead atoms. The van der Waals surface area contributed by atoms with E-state index in [0.717, 1.165) is 12.1 Å². The molecule has 72 valence electrons. The molecule has 0 saturated heterocycles. The molecule has 0 heterocycles. The molecule has 1 rings (SSSR count). The van der Waals surface area contributed by atoms with Crippen LogP contribution in [0, 0.1) is 7.14 Å². The van der Waals surface area contributed by atoms with Gasteiger partial charge in [0.05, 0.1) is 12.0 Å². The topological polar surface area (TPSA) is 77.4 Å². The van der Waals surface area contributed by atoms with Crippen molar-refractivity contribution in [3.8, 4) is 5.75 Å². The number of phenolic OH excluding ortho intramolecular Hbond substituents is 1. The minimum absolute atomic E-state index is 0. The summed E-state index contributed by atoms with van der Waals surface area (Å²) in [5.74, 6) is -0.00593. The van der Waals surface area contributed by atoms with Crippen LogP contribution >= 0.6 is 45.2 Å². The summed E-state index contributed by atoms with van der Waals surface area (Å²) < 4.78 is 32.5. The fourth-order valence-electron chi connectivity index (χ4n) is 0.687. The fraction of sp³-hybridized carbons (Fsp3) is 0. The Bertz CT molecular complexity index is 422. The first kappa shape index (κ1) is 15.4. The number of hydrogen-bond donors (Lipinski definition) is 1. The number of phenols is 1. The Balaban J connectivity index is 0.00000169. The Morgan fingerprint density at radius 2 is 1.57 bits per heavy atom. The van der Waals surface area contributed by atoms with E-state index >= 15 is 0 Å². The zero-order valence-corrected chi connectivity index (χ0v) is 14.1. The second kappa shape index (κ2) is 5.64. The van der Waals surface area contributed by atoms with Crippen molar-refractivity contribution in [3.63, 3.8) is 0 Å². The summed E-state index contributed by atoms with van der Waals surface area (Å²) in [5, 5.41) is 9.28.